The van der Waals surface area contributed by atoms with Crippen molar-refractivity contribution in [2.24, 2.45) is 5.90 Å². The van der Waals surface area contributed by atoms with Gasteiger partial charge in [0.05, 0.1) is 0 Å². The van der Waals surface area contributed by atoms with Gasteiger partial charge in [0.2, 0.25) is 0 Å². The molecule has 0 aromatic carbocycles. The first-order valence-electron chi connectivity index (χ1n) is 2.16. The van der Waals surface area contributed by atoms with Gasteiger partial charge in [0.1, 0.15) is 11.7 Å². The second-order valence-electron chi connectivity index (χ2n) is 1.86. The van der Waals surface area contributed by atoms with Crippen molar-refractivity contribution in [3.63, 3.8) is 0 Å². The highest BCUT2D eigenvalue weighted by atomic mass is 16.6. The zero-order valence-corrected chi connectivity index (χ0v) is 4.93. The smallest absolute Gasteiger partial charge is 0.147 e. The third kappa shape index (κ3) is 2.45. The number of aliphatic hydroxyl groups excluding tert-OH is 1. The Labute approximate surface area is 48.4 Å². The summed E-state index contributed by atoms with van der Waals surface area (Å²) in [6.45, 7) is 3.30. The summed E-state index contributed by atoms with van der Waals surface area (Å²) in [7, 11) is 0. The molecule has 3 heteroatoms. The van der Waals surface area contributed by atoms with Gasteiger partial charge >= 0.3 is 0 Å². The molecule has 0 heterocycles. The lowest BCUT2D eigenvalue weighted by Gasteiger charge is -2.11. The summed E-state index contributed by atoms with van der Waals surface area (Å²) in [4.78, 5) is 4.34. The van der Waals surface area contributed by atoms with Gasteiger partial charge in [-0.3, -0.25) is 4.84 Å². The zero-order chi connectivity index (χ0) is 6.62. The van der Waals surface area contributed by atoms with Crippen LogP contribution in [0.3, 0.4) is 0 Å². The van der Waals surface area contributed by atoms with Crippen molar-refractivity contribution < 1.29 is 9.94 Å². The Bertz CT molecular complexity index is 120. The molecule has 0 aromatic heterocycles. The van der Waals surface area contributed by atoms with Crippen molar-refractivity contribution in [3.05, 3.63) is 0 Å². The molecule has 0 fully saturated rings. The summed E-state index contributed by atoms with van der Waals surface area (Å²) in [5.41, 5.74) is -0.741. The molecule has 0 spiro atoms. The normalized spacial score (nSPS) is 9.88. The first-order chi connectivity index (χ1) is 3.62. The second-order valence-corrected chi connectivity index (χ2v) is 1.86. The van der Waals surface area contributed by atoms with E-state index in [0.717, 1.165) is 0 Å². The molecule has 0 aliphatic heterocycles. The third-order valence-electron chi connectivity index (χ3n) is 0.652. The Hall–Kier alpha value is -0.720. The molecular formula is C5H9NO2. The summed E-state index contributed by atoms with van der Waals surface area (Å²) in [6.07, 6.45) is 1.70. The van der Waals surface area contributed by atoms with Gasteiger partial charge in [0.25, 0.3) is 0 Å². The van der Waals surface area contributed by atoms with Crippen LogP contribution in [0.1, 0.15) is 13.8 Å². The summed E-state index contributed by atoms with van der Waals surface area (Å²) in [5, 5.41) is 8.04. The molecule has 8 heavy (non-hydrogen) atoms. The highest BCUT2D eigenvalue weighted by Gasteiger charge is 2.11. The fourth-order valence-corrected chi connectivity index (χ4v) is 0.164. The minimum Gasteiger partial charge on any atom is -0.462 e. The summed E-state index contributed by atoms with van der Waals surface area (Å²) in [6, 6.07) is 0. The fourth-order valence-electron chi connectivity index (χ4n) is 0.164. The maximum atomic E-state index is 8.04. The van der Waals surface area contributed by atoms with Gasteiger partial charge < -0.3 is 5.11 Å². The molecule has 0 unspecified atom stereocenters. The monoisotopic (exact) mass is 115 g/mol. The maximum Gasteiger partial charge on any atom is 0.147 e. The molecular weight excluding hydrogens is 106 g/mol. The van der Waals surface area contributed by atoms with Gasteiger partial charge in [-0.2, -0.15) is 0 Å². The van der Waals surface area contributed by atoms with E-state index in [0.29, 0.717) is 0 Å². The molecule has 0 saturated heterocycles. The minimum absolute atomic E-state index is 0.741. The van der Waals surface area contributed by atoms with Crippen molar-refractivity contribution >= 4 is 0 Å². The van der Waals surface area contributed by atoms with Gasteiger partial charge in [0, 0.05) is 0 Å². The van der Waals surface area contributed by atoms with Crippen LogP contribution in [0.2, 0.25) is 0 Å². The van der Waals surface area contributed by atoms with Gasteiger partial charge in [-0.05, 0) is 19.8 Å². The van der Waals surface area contributed by atoms with Crippen LogP contribution in [0.25, 0.3) is 0 Å². The predicted octanol–water partition coefficient (Wildman–Crippen LogP) is -0.0113. The van der Waals surface area contributed by atoms with Crippen molar-refractivity contribution in [2.75, 3.05) is 0 Å². The van der Waals surface area contributed by atoms with Gasteiger partial charge in [-0.15, -0.1) is 0 Å². The summed E-state index contributed by atoms with van der Waals surface area (Å²) in [5.74, 6) is 7.11. The highest BCUT2D eigenvalue weighted by Crippen LogP contribution is 2.01. The van der Waals surface area contributed by atoms with Crippen LogP contribution in [0.4, 0.5) is 0 Å². The van der Waals surface area contributed by atoms with Crippen molar-refractivity contribution in [1.82, 2.24) is 0 Å². The topological polar surface area (TPSA) is 55.5 Å². The molecule has 0 radical (unpaired) electrons. The Morgan fingerprint density at radius 3 is 2.25 bits per heavy atom. The van der Waals surface area contributed by atoms with E-state index in [2.05, 4.69) is 10.8 Å². The lowest BCUT2D eigenvalue weighted by molar-refractivity contribution is 0.0259. The van der Waals surface area contributed by atoms with Gasteiger partial charge in [0.15, 0.2) is 0 Å². The van der Waals surface area contributed by atoms with E-state index >= 15 is 0 Å². The molecule has 46 valence electrons. The predicted molar refractivity (Wildman–Crippen MR) is 29.1 cm³/mol. The van der Waals surface area contributed by atoms with Crippen molar-refractivity contribution in [1.29, 1.82) is 0 Å². The number of aliphatic hydroxyl groups is 1. The molecule has 0 atom stereocenters. The SMILES string of the molecule is CC(C)(C#CO)ON. The van der Waals surface area contributed by atoms with Crippen LogP contribution >= 0.6 is 0 Å². The van der Waals surface area contributed by atoms with E-state index in [-0.39, 0.29) is 0 Å². The van der Waals surface area contributed by atoms with Crippen LogP contribution in [-0.2, 0) is 4.84 Å². The highest BCUT2D eigenvalue weighted by molar-refractivity contribution is 5.05. The standard InChI is InChI=1S/C5H9NO2/c1-5(2,8-6)3-4-7/h7H,6H2,1-2H3. The summed E-state index contributed by atoms with van der Waals surface area (Å²) < 4.78 is 0. The Morgan fingerprint density at radius 1 is 1.62 bits per heavy atom. The zero-order valence-electron chi connectivity index (χ0n) is 4.93. The number of hydrogen-bond acceptors (Lipinski definition) is 3. The second kappa shape index (κ2) is 2.55. The van der Waals surface area contributed by atoms with Gasteiger partial charge in [-0.1, -0.05) is 0 Å². The summed E-state index contributed by atoms with van der Waals surface area (Å²) >= 11 is 0. The van der Waals surface area contributed by atoms with Crippen LogP contribution in [0, 0.1) is 12.0 Å². The lowest BCUT2D eigenvalue weighted by atomic mass is 10.2. The van der Waals surface area contributed by atoms with E-state index in [1.807, 2.05) is 0 Å². The first kappa shape index (κ1) is 7.28. The number of rotatable bonds is 1. The average Bonchev–Trinajstić information content (AvgIpc) is 1.67. The molecule has 0 bridgehead atoms. The molecule has 0 amide bonds. The molecule has 3 nitrogen and oxygen atoms in total. The third-order valence-corrected chi connectivity index (χ3v) is 0.652. The van der Waals surface area contributed by atoms with Crippen LogP contribution in [0.15, 0.2) is 0 Å². The Balaban J connectivity index is 3.85. The number of nitrogens with two attached hydrogens (primary N) is 1. The molecule has 0 saturated carbocycles. The van der Waals surface area contributed by atoms with Crippen molar-refractivity contribution in [3.8, 4) is 12.0 Å². The molecule has 0 rings (SSSR count). The van der Waals surface area contributed by atoms with Crippen molar-refractivity contribution in [2.45, 2.75) is 19.4 Å². The molecule has 0 aliphatic carbocycles. The van der Waals surface area contributed by atoms with E-state index in [9.17, 15) is 0 Å². The van der Waals surface area contributed by atoms with Crippen LogP contribution < -0.4 is 5.90 Å². The van der Waals surface area contributed by atoms with E-state index in [1.54, 1.807) is 20.0 Å². The molecule has 3 N–H and O–H groups in total. The number of hydrogen-bond donors (Lipinski definition) is 2. The van der Waals surface area contributed by atoms with Crippen LogP contribution in [-0.4, -0.2) is 10.7 Å². The quantitative estimate of drug-likeness (QED) is 0.373. The first-order valence-corrected chi connectivity index (χ1v) is 2.16. The molecule has 0 aromatic rings. The maximum absolute atomic E-state index is 8.04. The minimum atomic E-state index is -0.741. The Morgan fingerprint density at radius 2 is 2.12 bits per heavy atom. The Kier molecular flexibility index (Phi) is 2.32. The average molecular weight is 115 g/mol. The van der Waals surface area contributed by atoms with Gasteiger partial charge in [-0.25, -0.2) is 5.90 Å². The van der Waals surface area contributed by atoms with Crippen LogP contribution in [0.5, 0.6) is 0 Å². The largest absolute Gasteiger partial charge is 0.462 e. The van der Waals surface area contributed by atoms with E-state index < -0.39 is 5.60 Å². The fraction of sp³-hybridized carbons (Fsp3) is 0.600. The molecule has 0 aliphatic rings. The van der Waals surface area contributed by atoms with E-state index in [1.165, 1.54) is 0 Å². The lowest BCUT2D eigenvalue weighted by Crippen LogP contribution is -2.25. The van der Waals surface area contributed by atoms with E-state index in [4.69, 9.17) is 11.0 Å².